The van der Waals surface area contributed by atoms with Gasteiger partial charge in [-0.15, -0.1) is 23.4 Å². The zero-order valence-electron chi connectivity index (χ0n) is 10.7. The van der Waals surface area contributed by atoms with E-state index in [-0.39, 0.29) is 10.3 Å². The molecule has 0 atom stereocenters. The van der Waals surface area contributed by atoms with Crippen molar-refractivity contribution in [3.8, 4) is 0 Å². The lowest BCUT2D eigenvalue weighted by molar-refractivity contribution is 0.0949. The first kappa shape index (κ1) is 15.3. The Labute approximate surface area is 116 Å². The first-order valence-corrected chi connectivity index (χ1v) is 7.02. The van der Waals surface area contributed by atoms with Crippen LogP contribution in [-0.2, 0) is 0 Å². The van der Waals surface area contributed by atoms with E-state index in [1.165, 1.54) is 17.8 Å². The average Bonchev–Trinajstić information content (AvgIpc) is 2.24. The molecule has 5 heteroatoms. The van der Waals surface area contributed by atoms with Crippen LogP contribution in [0.4, 0.5) is 4.39 Å². The molecule has 18 heavy (non-hydrogen) atoms. The van der Waals surface area contributed by atoms with Gasteiger partial charge in [0.25, 0.3) is 5.91 Å². The Morgan fingerprint density at radius 3 is 2.67 bits per heavy atom. The van der Waals surface area contributed by atoms with Crippen LogP contribution in [0.2, 0.25) is 0 Å². The van der Waals surface area contributed by atoms with Crippen molar-refractivity contribution in [2.24, 2.45) is 0 Å². The van der Waals surface area contributed by atoms with Gasteiger partial charge in [-0.1, -0.05) is 26.8 Å². The molecule has 100 valence electrons. The number of thioether (sulfide) groups is 1. The van der Waals surface area contributed by atoms with Gasteiger partial charge in [-0.3, -0.25) is 4.79 Å². The molecule has 0 saturated heterocycles. The maximum atomic E-state index is 13.8. The predicted molar refractivity (Wildman–Crippen MR) is 75.1 cm³/mol. The first-order valence-electron chi connectivity index (χ1n) is 5.67. The lowest BCUT2D eigenvalue weighted by atomic mass is 10.2. The third-order valence-corrected chi connectivity index (χ3v) is 3.36. The zero-order valence-corrected chi connectivity index (χ0v) is 12.3. The molecule has 0 fully saturated rings. The van der Waals surface area contributed by atoms with E-state index in [9.17, 15) is 9.18 Å². The third-order valence-electron chi connectivity index (χ3n) is 2.00. The molecule has 0 spiro atoms. The minimum absolute atomic E-state index is 0.0880. The van der Waals surface area contributed by atoms with E-state index >= 15 is 0 Å². The van der Waals surface area contributed by atoms with E-state index < -0.39 is 11.7 Å². The summed E-state index contributed by atoms with van der Waals surface area (Å²) >= 11 is 6.97. The number of amides is 1. The van der Waals surface area contributed by atoms with Gasteiger partial charge in [-0.2, -0.15) is 0 Å². The molecule has 0 aromatic heterocycles. The van der Waals surface area contributed by atoms with Crippen LogP contribution in [0.1, 0.15) is 31.1 Å². The van der Waals surface area contributed by atoms with Gasteiger partial charge < -0.3 is 5.32 Å². The van der Waals surface area contributed by atoms with Crippen molar-refractivity contribution in [2.75, 3.05) is 12.4 Å². The molecular weight excluding hydrogens is 273 g/mol. The van der Waals surface area contributed by atoms with Crippen molar-refractivity contribution < 1.29 is 9.18 Å². The summed E-state index contributed by atoms with van der Waals surface area (Å²) in [7, 11) is 0. The highest BCUT2D eigenvalue weighted by molar-refractivity contribution is 8.00. The number of hydrogen-bond donors (Lipinski definition) is 1. The zero-order chi connectivity index (χ0) is 13.8. The standard InChI is InChI=1S/C13H17ClFNOS/c1-13(2,3)18-10-6-4-5-9(15)11(10)12(17)16-8-7-14/h4-6H,7-8H2,1-3H3,(H,16,17). The first-order chi connectivity index (χ1) is 8.35. The summed E-state index contributed by atoms with van der Waals surface area (Å²) in [6.07, 6.45) is 0. The number of carbonyl (C=O) groups excluding carboxylic acids is 1. The molecule has 0 heterocycles. The highest BCUT2D eigenvalue weighted by Crippen LogP contribution is 2.34. The van der Waals surface area contributed by atoms with E-state index in [2.05, 4.69) is 5.32 Å². The monoisotopic (exact) mass is 289 g/mol. The quantitative estimate of drug-likeness (QED) is 0.677. The van der Waals surface area contributed by atoms with Crippen molar-refractivity contribution in [3.05, 3.63) is 29.6 Å². The summed E-state index contributed by atoms with van der Waals surface area (Å²) in [5, 5.41) is 2.59. The van der Waals surface area contributed by atoms with Gasteiger partial charge in [-0.25, -0.2) is 4.39 Å². The molecule has 0 bridgehead atoms. The fourth-order valence-electron chi connectivity index (χ4n) is 1.39. The van der Waals surface area contributed by atoms with Gasteiger partial charge in [0.2, 0.25) is 0 Å². The Kier molecular flexibility index (Phi) is 5.47. The number of alkyl halides is 1. The molecule has 0 radical (unpaired) electrons. The molecule has 0 saturated carbocycles. The van der Waals surface area contributed by atoms with Crippen molar-refractivity contribution in [3.63, 3.8) is 0 Å². The maximum absolute atomic E-state index is 13.8. The Balaban J connectivity index is 3.04. The van der Waals surface area contributed by atoms with Gasteiger partial charge in [-0.05, 0) is 12.1 Å². The van der Waals surface area contributed by atoms with Crippen molar-refractivity contribution in [1.82, 2.24) is 5.32 Å². The Morgan fingerprint density at radius 2 is 2.11 bits per heavy atom. The van der Waals surface area contributed by atoms with E-state index in [1.54, 1.807) is 12.1 Å². The molecule has 1 rings (SSSR count). The Morgan fingerprint density at radius 1 is 1.44 bits per heavy atom. The number of hydrogen-bond acceptors (Lipinski definition) is 2. The molecule has 1 N–H and O–H groups in total. The summed E-state index contributed by atoms with van der Waals surface area (Å²) in [6.45, 7) is 6.38. The van der Waals surface area contributed by atoms with Crippen LogP contribution >= 0.6 is 23.4 Å². The molecule has 0 aliphatic carbocycles. The van der Waals surface area contributed by atoms with E-state index in [4.69, 9.17) is 11.6 Å². The summed E-state index contributed by atoms with van der Waals surface area (Å²) < 4.78 is 13.7. The summed E-state index contributed by atoms with van der Waals surface area (Å²) in [5.74, 6) is -0.612. The van der Waals surface area contributed by atoms with Crippen LogP contribution in [0, 0.1) is 5.82 Å². The van der Waals surface area contributed by atoms with E-state index in [1.807, 2.05) is 20.8 Å². The molecule has 2 nitrogen and oxygen atoms in total. The van der Waals surface area contributed by atoms with E-state index in [0.29, 0.717) is 17.3 Å². The fraction of sp³-hybridized carbons (Fsp3) is 0.462. The SMILES string of the molecule is CC(C)(C)Sc1cccc(F)c1C(=O)NCCCl. The normalized spacial score (nSPS) is 11.4. The van der Waals surface area contributed by atoms with Crippen LogP contribution in [-0.4, -0.2) is 23.1 Å². The molecular formula is C13H17ClFNOS. The number of carbonyl (C=O) groups is 1. The topological polar surface area (TPSA) is 29.1 Å². The van der Waals surface area contributed by atoms with Crippen LogP contribution in [0.15, 0.2) is 23.1 Å². The van der Waals surface area contributed by atoms with Crippen LogP contribution < -0.4 is 5.32 Å². The molecule has 0 unspecified atom stereocenters. The summed E-state index contributed by atoms with van der Waals surface area (Å²) in [5.41, 5.74) is 0.0996. The minimum atomic E-state index is -0.503. The molecule has 1 aromatic carbocycles. The minimum Gasteiger partial charge on any atom is -0.351 e. The van der Waals surface area contributed by atoms with Gasteiger partial charge in [0.15, 0.2) is 0 Å². The lowest BCUT2D eigenvalue weighted by Gasteiger charge is -2.19. The second-order valence-corrected chi connectivity index (χ2v) is 7.02. The largest absolute Gasteiger partial charge is 0.351 e. The number of halogens is 2. The second kappa shape index (κ2) is 6.43. The van der Waals surface area contributed by atoms with E-state index in [0.717, 1.165) is 0 Å². The summed E-state index contributed by atoms with van der Waals surface area (Å²) in [6, 6.07) is 4.67. The molecule has 1 amide bonds. The fourth-order valence-corrected chi connectivity index (χ4v) is 2.58. The number of benzene rings is 1. The second-order valence-electron chi connectivity index (χ2n) is 4.77. The Hall–Kier alpha value is -0.740. The van der Waals surface area contributed by atoms with Gasteiger partial charge in [0.1, 0.15) is 5.82 Å². The predicted octanol–water partition coefficient (Wildman–Crippen LogP) is 3.68. The average molecular weight is 290 g/mol. The lowest BCUT2D eigenvalue weighted by Crippen LogP contribution is -2.27. The maximum Gasteiger partial charge on any atom is 0.255 e. The highest BCUT2D eigenvalue weighted by atomic mass is 35.5. The van der Waals surface area contributed by atoms with Gasteiger partial charge in [0.05, 0.1) is 5.56 Å². The Bertz CT molecular complexity index is 431. The molecule has 0 aliphatic rings. The van der Waals surface area contributed by atoms with Gasteiger partial charge in [0, 0.05) is 22.1 Å². The van der Waals surface area contributed by atoms with Crippen LogP contribution in [0.5, 0.6) is 0 Å². The molecule has 1 aromatic rings. The van der Waals surface area contributed by atoms with Crippen molar-refractivity contribution in [2.45, 2.75) is 30.4 Å². The van der Waals surface area contributed by atoms with Crippen molar-refractivity contribution in [1.29, 1.82) is 0 Å². The van der Waals surface area contributed by atoms with Crippen molar-refractivity contribution >= 4 is 29.3 Å². The smallest absolute Gasteiger partial charge is 0.255 e. The number of rotatable bonds is 4. The summed E-state index contributed by atoms with van der Waals surface area (Å²) in [4.78, 5) is 12.6. The van der Waals surface area contributed by atoms with Crippen LogP contribution in [0.3, 0.4) is 0 Å². The third kappa shape index (κ3) is 4.50. The number of nitrogens with one attached hydrogen (secondary N) is 1. The molecule has 0 aliphatic heterocycles. The van der Waals surface area contributed by atoms with Crippen LogP contribution in [0.25, 0.3) is 0 Å². The van der Waals surface area contributed by atoms with Gasteiger partial charge >= 0.3 is 0 Å². The highest BCUT2D eigenvalue weighted by Gasteiger charge is 2.21.